The number of rotatable bonds is 4. The van der Waals surface area contributed by atoms with Crippen LogP contribution in [0.3, 0.4) is 0 Å². The van der Waals surface area contributed by atoms with E-state index in [1.165, 1.54) is 12.1 Å². The molecule has 1 fully saturated rings. The zero-order valence-corrected chi connectivity index (χ0v) is 14.5. The van der Waals surface area contributed by atoms with Crippen LogP contribution in [0.15, 0.2) is 35.3 Å². The lowest BCUT2D eigenvalue weighted by molar-refractivity contribution is 0.226. The topological polar surface area (TPSA) is 74.4 Å². The summed E-state index contributed by atoms with van der Waals surface area (Å²) in [7, 11) is 4.01. The Morgan fingerprint density at radius 2 is 1.96 bits per heavy atom. The normalized spacial score (nSPS) is 15.7. The van der Waals surface area contributed by atoms with Crippen molar-refractivity contribution in [3.8, 4) is 0 Å². The largest absolute Gasteiger partial charge is 0.427 e. The molecule has 0 N–H and O–H groups in total. The van der Waals surface area contributed by atoms with Gasteiger partial charge in [-0.15, -0.1) is 10.2 Å². The average Bonchev–Trinajstić information content (AvgIpc) is 3.14. The second-order valence-electron chi connectivity index (χ2n) is 6.39. The molecule has 0 bridgehead atoms. The van der Waals surface area contributed by atoms with Crippen LogP contribution >= 0.6 is 0 Å². The predicted molar refractivity (Wildman–Crippen MR) is 95.7 cm³/mol. The molecule has 8 nitrogen and oxygen atoms in total. The minimum absolute atomic E-state index is 0.673. The second kappa shape index (κ2) is 6.64. The quantitative estimate of drug-likeness (QED) is 0.706. The Labute approximate surface area is 146 Å². The smallest absolute Gasteiger partial charge is 0.230 e. The SMILES string of the molecule is CN(C)c1ncnc2ccc(N3CCN(Cc4nnco4)CC3)cc12. The third kappa shape index (κ3) is 3.25. The van der Waals surface area contributed by atoms with Crippen LogP contribution in [0.5, 0.6) is 0 Å². The van der Waals surface area contributed by atoms with E-state index in [0.29, 0.717) is 12.4 Å². The van der Waals surface area contributed by atoms with E-state index in [4.69, 9.17) is 4.42 Å². The Morgan fingerprint density at radius 1 is 1.12 bits per heavy atom. The molecule has 0 atom stereocenters. The summed E-state index contributed by atoms with van der Waals surface area (Å²) < 4.78 is 5.24. The Bertz CT molecular complexity index is 841. The molecule has 0 radical (unpaired) electrons. The number of hydrogen-bond donors (Lipinski definition) is 0. The van der Waals surface area contributed by atoms with Gasteiger partial charge in [0.2, 0.25) is 12.3 Å². The summed E-state index contributed by atoms with van der Waals surface area (Å²) in [6.07, 6.45) is 3.00. The number of anilines is 2. The minimum atomic E-state index is 0.673. The first kappa shape index (κ1) is 15.8. The average molecular weight is 339 g/mol. The van der Waals surface area contributed by atoms with Crippen molar-refractivity contribution in [2.75, 3.05) is 50.1 Å². The van der Waals surface area contributed by atoms with Crippen molar-refractivity contribution in [1.29, 1.82) is 0 Å². The number of nitrogens with zero attached hydrogens (tertiary/aromatic N) is 7. The molecule has 1 aromatic carbocycles. The highest BCUT2D eigenvalue weighted by atomic mass is 16.4. The molecule has 130 valence electrons. The summed E-state index contributed by atoms with van der Waals surface area (Å²) >= 11 is 0. The highest BCUT2D eigenvalue weighted by molar-refractivity contribution is 5.91. The molecule has 0 aliphatic carbocycles. The van der Waals surface area contributed by atoms with Gasteiger partial charge in [0.1, 0.15) is 12.1 Å². The van der Waals surface area contributed by atoms with E-state index in [0.717, 1.165) is 42.9 Å². The van der Waals surface area contributed by atoms with Gasteiger partial charge in [-0.25, -0.2) is 9.97 Å². The maximum Gasteiger partial charge on any atom is 0.230 e. The van der Waals surface area contributed by atoms with Gasteiger partial charge in [-0.3, -0.25) is 4.90 Å². The van der Waals surface area contributed by atoms with Gasteiger partial charge in [0.05, 0.1) is 12.1 Å². The lowest BCUT2D eigenvalue weighted by atomic mass is 10.1. The summed E-state index contributed by atoms with van der Waals surface area (Å²) in [5, 5.41) is 8.77. The number of aromatic nitrogens is 4. The van der Waals surface area contributed by atoms with E-state index in [9.17, 15) is 0 Å². The molecule has 1 aliphatic heterocycles. The Kier molecular flexibility index (Phi) is 4.19. The van der Waals surface area contributed by atoms with E-state index >= 15 is 0 Å². The summed E-state index contributed by atoms with van der Waals surface area (Å²) in [4.78, 5) is 15.5. The van der Waals surface area contributed by atoms with Gasteiger partial charge in [0, 0.05) is 51.3 Å². The molecule has 1 saturated heterocycles. The monoisotopic (exact) mass is 339 g/mol. The van der Waals surface area contributed by atoms with Crippen LogP contribution in [-0.2, 0) is 6.54 Å². The molecule has 3 heterocycles. The fourth-order valence-electron chi connectivity index (χ4n) is 3.20. The molecule has 4 rings (SSSR count). The van der Waals surface area contributed by atoms with E-state index in [1.54, 1.807) is 6.33 Å². The summed E-state index contributed by atoms with van der Waals surface area (Å²) in [6.45, 7) is 4.57. The van der Waals surface area contributed by atoms with Crippen LogP contribution in [0.2, 0.25) is 0 Å². The van der Waals surface area contributed by atoms with Gasteiger partial charge in [0.25, 0.3) is 0 Å². The zero-order valence-electron chi connectivity index (χ0n) is 14.5. The van der Waals surface area contributed by atoms with E-state index in [-0.39, 0.29) is 0 Å². The summed E-state index contributed by atoms with van der Waals surface area (Å²) in [5.41, 5.74) is 2.18. The van der Waals surface area contributed by atoms with Gasteiger partial charge < -0.3 is 14.2 Å². The Balaban J connectivity index is 1.50. The fourth-order valence-corrected chi connectivity index (χ4v) is 3.20. The van der Waals surface area contributed by atoms with E-state index < -0.39 is 0 Å². The van der Waals surface area contributed by atoms with Crippen molar-refractivity contribution in [2.24, 2.45) is 0 Å². The maximum absolute atomic E-state index is 5.24. The van der Waals surface area contributed by atoms with Crippen molar-refractivity contribution in [1.82, 2.24) is 25.1 Å². The van der Waals surface area contributed by atoms with Crippen molar-refractivity contribution < 1.29 is 4.42 Å². The Morgan fingerprint density at radius 3 is 2.68 bits per heavy atom. The summed E-state index contributed by atoms with van der Waals surface area (Å²) in [6, 6.07) is 6.41. The Hall–Kier alpha value is -2.74. The minimum Gasteiger partial charge on any atom is -0.427 e. The molecule has 2 aromatic heterocycles. The molecular weight excluding hydrogens is 318 g/mol. The second-order valence-corrected chi connectivity index (χ2v) is 6.39. The number of piperazine rings is 1. The lowest BCUT2D eigenvalue weighted by Crippen LogP contribution is -2.46. The van der Waals surface area contributed by atoms with Crippen LogP contribution in [0, 0.1) is 0 Å². The molecular formula is C17H21N7O. The van der Waals surface area contributed by atoms with Gasteiger partial charge in [0.15, 0.2) is 0 Å². The van der Waals surface area contributed by atoms with Gasteiger partial charge in [-0.2, -0.15) is 0 Å². The van der Waals surface area contributed by atoms with Crippen LogP contribution in [-0.4, -0.2) is 65.3 Å². The maximum atomic E-state index is 5.24. The van der Waals surface area contributed by atoms with Crippen molar-refractivity contribution in [3.05, 3.63) is 36.8 Å². The molecule has 0 amide bonds. The molecule has 25 heavy (non-hydrogen) atoms. The van der Waals surface area contributed by atoms with E-state index in [1.807, 2.05) is 19.0 Å². The number of benzene rings is 1. The third-order valence-electron chi connectivity index (χ3n) is 4.52. The summed E-state index contributed by atoms with van der Waals surface area (Å²) in [5.74, 6) is 1.62. The first-order valence-electron chi connectivity index (χ1n) is 8.35. The molecule has 0 unspecified atom stereocenters. The molecule has 8 heteroatoms. The van der Waals surface area contributed by atoms with Gasteiger partial charge >= 0.3 is 0 Å². The number of hydrogen-bond acceptors (Lipinski definition) is 8. The van der Waals surface area contributed by atoms with E-state index in [2.05, 4.69) is 48.2 Å². The first-order chi connectivity index (χ1) is 12.2. The van der Waals surface area contributed by atoms with Crippen LogP contribution in [0.1, 0.15) is 5.89 Å². The molecule has 0 saturated carbocycles. The molecule has 1 aliphatic rings. The first-order valence-corrected chi connectivity index (χ1v) is 8.35. The van der Waals surface area contributed by atoms with Crippen LogP contribution in [0.25, 0.3) is 10.9 Å². The van der Waals surface area contributed by atoms with Crippen molar-refractivity contribution >= 4 is 22.4 Å². The zero-order chi connectivity index (χ0) is 17.2. The fraction of sp³-hybridized carbons (Fsp3) is 0.412. The lowest BCUT2D eigenvalue weighted by Gasteiger charge is -2.35. The van der Waals surface area contributed by atoms with Gasteiger partial charge in [-0.1, -0.05) is 0 Å². The number of fused-ring (bicyclic) bond motifs is 1. The van der Waals surface area contributed by atoms with Gasteiger partial charge in [-0.05, 0) is 18.2 Å². The standard InChI is InChI=1S/C17H21N7O/c1-22(2)17-14-9-13(3-4-15(14)18-11-19-17)24-7-5-23(6-8-24)10-16-21-20-12-25-16/h3-4,9,11-12H,5-8,10H2,1-2H3. The molecule has 0 spiro atoms. The van der Waals surface area contributed by atoms with Crippen molar-refractivity contribution in [2.45, 2.75) is 6.54 Å². The molecule has 3 aromatic rings. The predicted octanol–water partition coefficient (Wildman–Crippen LogP) is 1.40. The third-order valence-corrected chi connectivity index (χ3v) is 4.52. The van der Waals surface area contributed by atoms with Crippen LogP contribution < -0.4 is 9.80 Å². The highest BCUT2D eigenvalue weighted by Gasteiger charge is 2.19. The highest BCUT2D eigenvalue weighted by Crippen LogP contribution is 2.27. The van der Waals surface area contributed by atoms with Crippen LogP contribution in [0.4, 0.5) is 11.5 Å². The van der Waals surface area contributed by atoms with Crippen molar-refractivity contribution in [3.63, 3.8) is 0 Å².